The zero-order chi connectivity index (χ0) is 17.7. The molecule has 0 bridgehead atoms. The second-order valence-electron chi connectivity index (χ2n) is 4.75. The lowest BCUT2D eigenvalue weighted by atomic mass is 10.0. The van der Waals surface area contributed by atoms with Crippen LogP contribution in [0.25, 0.3) is 11.1 Å². The van der Waals surface area contributed by atoms with Gasteiger partial charge in [-0.15, -0.1) is 0 Å². The Hall–Kier alpha value is -1.63. The standard InChI is InChI=1S/C17H15BrClFO4/c1-2-23-17(22)12-8-11(10-3-4-15(20)14(19)7-10)16(9-13(12)18)24-6-5-21/h3-4,7-9,21H,2,5-6H2,1H3. The smallest absolute Gasteiger partial charge is 0.339 e. The Kier molecular flexibility index (Phi) is 6.60. The van der Waals surface area contributed by atoms with Crippen molar-refractivity contribution >= 4 is 33.5 Å². The van der Waals surface area contributed by atoms with Crippen molar-refractivity contribution in [3.8, 4) is 16.9 Å². The van der Waals surface area contributed by atoms with Gasteiger partial charge in [0.1, 0.15) is 18.2 Å². The van der Waals surface area contributed by atoms with Crippen LogP contribution in [-0.4, -0.2) is 30.9 Å². The first-order valence-corrected chi connectivity index (χ1v) is 8.34. The predicted molar refractivity (Wildman–Crippen MR) is 93.1 cm³/mol. The molecule has 2 aromatic carbocycles. The summed E-state index contributed by atoms with van der Waals surface area (Å²) >= 11 is 9.16. The van der Waals surface area contributed by atoms with E-state index in [4.69, 9.17) is 26.2 Å². The fraction of sp³-hybridized carbons (Fsp3) is 0.235. The number of carbonyl (C=O) groups excluding carboxylic acids is 1. The molecule has 0 heterocycles. The van der Waals surface area contributed by atoms with Crippen molar-refractivity contribution in [2.45, 2.75) is 6.92 Å². The minimum absolute atomic E-state index is 0.0405. The average Bonchev–Trinajstić information content (AvgIpc) is 2.55. The van der Waals surface area contributed by atoms with Crippen molar-refractivity contribution in [1.82, 2.24) is 0 Å². The molecule has 2 rings (SSSR count). The van der Waals surface area contributed by atoms with Crippen LogP contribution in [0.1, 0.15) is 17.3 Å². The summed E-state index contributed by atoms with van der Waals surface area (Å²) < 4.78 is 24.4. The van der Waals surface area contributed by atoms with Crippen molar-refractivity contribution in [2.75, 3.05) is 19.8 Å². The number of benzene rings is 2. The molecule has 2 aromatic rings. The highest BCUT2D eigenvalue weighted by molar-refractivity contribution is 9.10. The molecule has 0 unspecified atom stereocenters. The predicted octanol–water partition coefficient (Wildman–Crippen LogP) is 4.46. The lowest BCUT2D eigenvalue weighted by Gasteiger charge is -2.14. The van der Waals surface area contributed by atoms with E-state index in [0.717, 1.165) is 0 Å². The van der Waals surface area contributed by atoms with Crippen molar-refractivity contribution in [2.24, 2.45) is 0 Å². The number of esters is 1. The number of aliphatic hydroxyl groups is 1. The molecule has 0 spiro atoms. The maximum atomic E-state index is 13.4. The largest absolute Gasteiger partial charge is 0.491 e. The maximum Gasteiger partial charge on any atom is 0.339 e. The van der Waals surface area contributed by atoms with E-state index in [1.807, 2.05) is 0 Å². The van der Waals surface area contributed by atoms with Crippen LogP contribution in [0.5, 0.6) is 5.75 Å². The molecular formula is C17H15BrClFO4. The van der Waals surface area contributed by atoms with Crippen LogP contribution in [0.4, 0.5) is 4.39 Å². The van der Waals surface area contributed by atoms with Crippen LogP contribution in [0, 0.1) is 5.82 Å². The van der Waals surface area contributed by atoms with Gasteiger partial charge in [-0.2, -0.15) is 0 Å². The molecule has 0 saturated heterocycles. The van der Waals surface area contributed by atoms with E-state index >= 15 is 0 Å². The lowest BCUT2D eigenvalue weighted by Crippen LogP contribution is -2.08. The quantitative estimate of drug-likeness (QED) is 0.705. The summed E-state index contributed by atoms with van der Waals surface area (Å²) in [6.45, 7) is 1.87. The third-order valence-electron chi connectivity index (χ3n) is 3.14. The average molecular weight is 418 g/mol. The second kappa shape index (κ2) is 8.46. The summed E-state index contributed by atoms with van der Waals surface area (Å²) in [6, 6.07) is 7.40. The van der Waals surface area contributed by atoms with Gasteiger partial charge in [0.25, 0.3) is 0 Å². The van der Waals surface area contributed by atoms with Gasteiger partial charge in [-0.1, -0.05) is 17.7 Å². The van der Waals surface area contributed by atoms with Gasteiger partial charge < -0.3 is 14.6 Å². The Bertz CT molecular complexity index is 752. The molecule has 0 atom stereocenters. The zero-order valence-electron chi connectivity index (χ0n) is 12.8. The lowest BCUT2D eigenvalue weighted by molar-refractivity contribution is 0.0525. The van der Waals surface area contributed by atoms with E-state index in [0.29, 0.717) is 26.9 Å². The molecule has 0 aliphatic heterocycles. The number of ether oxygens (including phenoxy) is 2. The van der Waals surface area contributed by atoms with E-state index in [-0.39, 0.29) is 24.8 Å². The Labute approximate surface area is 152 Å². The second-order valence-corrected chi connectivity index (χ2v) is 6.01. The van der Waals surface area contributed by atoms with Crippen LogP contribution >= 0.6 is 27.5 Å². The summed E-state index contributed by atoms with van der Waals surface area (Å²) in [5.41, 5.74) is 1.42. The van der Waals surface area contributed by atoms with Crippen molar-refractivity contribution < 1.29 is 23.8 Å². The molecule has 0 aromatic heterocycles. The van der Waals surface area contributed by atoms with E-state index in [1.165, 1.54) is 18.2 Å². The summed E-state index contributed by atoms with van der Waals surface area (Å²) in [7, 11) is 0. The normalized spacial score (nSPS) is 10.5. The van der Waals surface area contributed by atoms with E-state index in [2.05, 4.69) is 15.9 Å². The zero-order valence-corrected chi connectivity index (χ0v) is 15.2. The molecular weight excluding hydrogens is 403 g/mol. The molecule has 1 N–H and O–H groups in total. The van der Waals surface area contributed by atoms with Crippen molar-refractivity contribution in [1.29, 1.82) is 0 Å². The molecule has 0 fully saturated rings. The van der Waals surface area contributed by atoms with Gasteiger partial charge in [0.2, 0.25) is 0 Å². The van der Waals surface area contributed by atoms with Crippen LogP contribution in [-0.2, 0) is 4.74 Å². The van der Waals surface area contributed by atoms with Crippen LogP contribution in [0.15, 0.2) is 34.8 Å². The third-order valence-corrected chi connectivity index (χ3v) is 4.09. The summed E-state index contributed by atoms with van der Waals surface area (Å²) in [5.74, 6) is -0.611. The van der Waals surface area contributed by atoms with Gasteiger partial charge in [0.05, 0.1) is 23.8 Å². The molecule has 24 heavy (non-hydrogen) atoms. The molecule has 7 heteroatoms. The fourth-order valence-electron chi connectivity index (χ4n) is 2.08. The van der Waals surface area contributed by atoms with Crippen LogP contribution in [0.2, 0.25) is 5.02 Å². The SMILES string of the molecule is CCOC(=O)c1cc(-c2ccc(F)c(Cl)c2)c(OCCO)cc1Br. The van der Waals surface area contributed by atoms with E-state index < -0.39 is 11.8 Å². The highest BCUT2D eigenvalue weighted by atomic mass is 79.9. The first-order chi connectivity index (χ1) is 11.5. The van der Waals surface area contributed by atoms with Gasteiger partial charge in [0.15, 0.2) is 0 Å². The van der Waals surface area contributed by atoms with Crippen LogP contribution in [0.3, 0.4) is 0 Å². The first kappa shape index (κ1) is 18.7. The van der Waals surface area contributed by atoms with Crippen molar-refractivity contribution in [3.63, 3.8) is 0 Å². The minimum Gasteiger partial charge on any atom is -0.491 e. The van der Waals surface area contributed by atoms with E-state index in [1.54, 1.807) is 19.1 Å². The maximum absolute atomic E-state index is 13.4. The topological polar surface area (TPSA) is 55.8 Å². The summed E-state index contributed by atoms with van der Waals surface area (Å²) in [6.07, 6.45) is 0. The number of aliphatic hydroxyl groups excluding tert-OH is 1. The van der Waals surface area contributed by atoms with Gasteiger partial charge in [-0.25, -0.2) is 9.18 Å². The highest BCUT2D eigenvalue weighted by Gasteiger charge is 2.18. The van der Waals surface area contributed by atoms with Crippen molar-refractivity contribution in [3.05, 3.63) is 51.2 Å². The molecule has 0 aliphatic rings. The summed E-state index contributed by atoms with van der Waals surface area (Å²) in [4.78, 5) is 12.1. The Balaban J connectivity index is 2.57. The highest BCUT2D eigenvalue weighted by Crippen LogP contribution is 2.37. The Morgan fingerprint density at radius 1 is 1.33 bits per heavy atom. The fourth-order valence-corrected chi connectivity index (χ4v) is 2.75. The van der Waals surface area contributed by atoms with Gasteiger partial charge in [-0.05, 0) is 52.7 Å². The third kappa shape index (κ3) is 4.26. The van der Waals surface area contributed by atoms with Gasteiger partial charge >= 0.3 is 5.97 Å². The van der Waals surface area contributed by atoms with Gasteiger partial charge in [0, 0.05) is 10.0 Å². The van der Waals surface area contributed by atoms with Gasteiger partial charge in [-0.3, -0.25) is 0 Å². The Morgan fingerprint density at radius 2 is 2.08 bits per heavy atom. The Morgan fingerprint density at radius 3 is 2.71 bits per heavy atom. The molecule has 0 aliphatic carbocycles. The number of carbonyl (C=O) groups is 1. The molecule has 0 amide bonds. The molecule has 0 radical (unpaired) electrons. The number of halogens is 3. The molecule has 0 saturated carbocycles. The van der Waals surface area contributed by atoms with Crippen LogP contribution < -0.4 is 4.74 Å². The molecule has 4 nitrogen and oxygen atoms in total. The number of rotatable bonds is 6. The monoisotopic (exact) mass is 416 g/mol. The summed E-state index contributed by atoms with van der Waals surface area (Å²) in [5, 5.41) is 8.93. The number of hydrogen-bond donors (Lipinski definition) is 1. The molecule has 128 valence electrons. The number of hydrogen-bond acceptors (Lipinski definition) is 4. The van der Waals surface area contributed by atoms with E-state index in [9.17, 15) is 9.18 Å². The minimum atomic E-state index is -0.541. The first-order valence-electron chi connectivity index (χ1n) is 7.17.